The van der Waals surface area contributed by atoms with E-state index in [0.29, 0.717) is 0 Å². The Hall–Kier alpha value is -2.37. The van der Waals surface area contributed by atoms with E-state index in [1.807, 2.05) is 44.2 Å². The number of carbonyl (C=O) groups excluding carboxylic acids is 3. The fourth-order valence-corrected chi connectivity index (χ4v) is 2.81. The summed E-state index contributed by atoms with van der Waals surface area (Å²) in [6.45, 7) is 10.3. The third kappa shape index (κ3) is 7.41. The predicted molar refractivity (Wildman–Crippen MR) is 103 cm³/mol. The largest absolute Gasteiger partial charge is 0.458 e. The molecule has 0 spiro atoms. The Labute approximate surface area is 161 Å². The average Bonchev–Trinajstić information content (AvgIpc) is 2.52. The molecule has 1 amide bonds. The number of hydrogen-bond donors (Lipinski definition) is 0. The molecule has 0 radical (unpaired) electrons. The molecule has 0 aliphatic carbocycles. The fraction of sp³-hybridized carbons (Fsp3) is 0.571. The number of nitrogens with zero attached hydrogens (tertiary/aromatic N) is 1. The van der Waals surface area contributed by atoms with Crippen LogP contribution >= 0.6 is 0 Å². The summed E-state index contributed by atoms with van der Waals surface area (Å²) in [6.07, 6.45) is -0.762. The highest BCUT2D eigenvalue weighted by molar-refractivity contribution is 5.88. The summed E-state index contributed by atoms with van der Waals surface area (Å²) in [5.74, 6) is -1.62. The maximum Gasteiger partial charge on any atom is 0.329 e. The summed E-state index contributed by atoms with van der Waals surface area (Å²) >= 11 is 0. The Morgan fingerprint density at radius 2 is 1.63 bits per heavy atom. The number of hydrogen-bond acceptors (Lipinski definition) is 5. The molecule has 0 saturated heterocycles. The summed E-state index contributed by atoms with van der Waals surface area (Å²) in [5, 5.41) is 0. The van der Waals surface area contributed by atoms with Crippen LogP contribution in [-0.4, -0.2) is 47.5 Å². The van der Waals surface area contributed by atoms with Crippen molar-refractivity contribution in [2.75, 3.05) is 7.05 Å². The highest BCUT2D eigenvalue weighted by Gasteiger charge is 2.37. The molecule has 0 bridgehead atoms. The second kappa shape index (κ2) is 9.53. The highest BCUT2D eigenvalue weighted by atomic mass is 16.6. The van der Waals surface area contributed by atoms with Crippen molar-refractivity contribution in [3.8, 4) is 0 Å². The van der Waals surface area contributed by atoms with Gasteiger partial charge < -0.3 is 14.4 Å². The van der Waals surface area contributed by atoms with Crippen molar-refractivity contribution in [2.24, 2.45) is 5.92 Å². The third-order valence-electron chi connectivity index (χ3n) is 3.89. The number of amides is 1. The number of likely N-dealkylation sites (N-methyl/N-ethyl adjacent to an activating group) is 1. The molecule has 0 heterocycles. The van der Waals surface area contributed by atoms with Gasteiger partial charge in [0.15, 0.2) is 6.10 Å². The first kappa shape index (κ1) is 22.7. The summed E-state index contributed by atoms with van der Waals surface area (Å²) in [7, 11) is 1.54. The van der Waals surface area contributed by atoms with E-state index in [2.05, 4.69) is 0 Å². The molecule has 2 atom stereocenters. The lowest BCUT2D eigenvalue weighted by Gasteiger charge is -2.33. The van der Waals surface area contributed by atoms with Crippen LogP contribution in [0.25, 0.3) is 0 Å². The van der Waals surface area contributed by atoms with Gasteiger partial charge in [-0.3, -0.25) is 9.59 Å². The minimum atomic E-state index is -1.00. The van der Waals surface area contributed by atoms with Crippen molar-refractivity contribution in [1.82, 2.24) is 4.90 Å². The molecular weight excluding hydrogens is 346 g/mol. The Balaban J connectivity index is 3.05. The molecule has 6 nitrogen and oxygen atoms in total. The fourth-order valence-electron chi connectivity index (χ4n) is 2.81. The van der Waals surface area contributed by atoms with E-state index in [9.17, 15) is 14.4 Å². The van der Waals surface area contributed by atoms with Gasteiger partial charge in [0, 0.05) is 20.4 Å². The second-order valence-corrected chi connectivity index (χ2v) is 7.96. The van der Waals surface area contributed by atoms with E-state index in [-0.39, 0.29) is 12.3 Å². The number of carbonyl (C=O) groups is 3. The zero-order valence-electron chi connectivity index (χ0n) is 17.3. The molecule has 0 saturated carbocycles. The molecule has 0 fully saturated rings. The van der Waals surface area contributed by atoms with Crippen LogP contribution in [0.5, 0.6) is 0 Å². The lowest BCUT2D eigenvalue weighted by Crippen LogP contribution is -2.52. The summed E-state index contributed by atoms with van der Waals surface area (Å²) in [6, 6.07) is 8.52. The van der Waals surface area contributed by atoms with Crippen LogP contribution in [0.2, 0.25) is 0 Å². The molecule has 0 aliphatic rings. The number of rotatable bonds is 7. The molecule has 150 valence electrons. The molecule has 27 heavy (non-hydrogen) atoms. The van der Waals surface area contributed by atoms with E-state index in [1.165, 1.54) is 11.8 Å². The van der Waals surface area contributed by atoms with E-state index in [1.54, 1.807) is 27.8 Å². The average molecular weight is 377 g/mol. The Morgan fingerprint density at radius 3 is 2.07 bits per heavy atom. The second-order valence-electron chi connectivity index (χ2n) is 7.96. The topological polar surface area (TPSA) is 72.9 Å². The zero-order valence-corrected chi connectivity index (χ0v) is 17.3. The van der Waals surface area contributed by atoms with Crippen LogP contribution in [0.1, 0.15) is 47.1 Å². The van der Waals surface area contributed by atoms with E-state index >= 15 is 0 Å². The van der Waals surface area contributed by atoms with Crippen molar-refractivity contribution in [2.45, 2.75) is 65.7 Å². The molecule has 1 rings (SSSR count). The van der Waals surface area contributed by atoms with Crippen molar-refractivity contribution in [1.29, 1.82) is 0 Å². The maximum absolute atomic E-state index is 13.0. The van der Waals surface area contributed by atoms with Gasteiger partial charge in [0.1, 0.15) is 11.6 Å². The standard InChI is InChI=1S/C21H31NO5/c1-14(2)18(20(25)27-21(4,5)6)22(7)19(24)17(26-15(3)23)13-16-11-9-8-10-12-16/h8-12,14,17-18H,13H2,1-7H3/t17-,18+/m1/s1. The van der Waals surface area contributed by atoms with Crippen LogP contribution in [0.3, 0.4) is 0 Å². The Kier molecular flexibility index (Phi) is 8.00. The van der Waals surface area contributed by atoms with E-state index in [4.69, 9.17) is 9.47 Å². The molecule has 0 N–H and O–H groups in total. The van der Waals surface area contributed by atoms with Crippen LogP contribution < -0.4 is 0 Å². The lowest BCUT2D eigenvalue weighted by molar-refractivity contribution is -0.170. The minimum absolute atomic E-state index is 0.163. The molecular formula is C21H31NO5. The first-order valence-corrected chi connectivity index (χ1v) is 9.13. The van der Waals surface area contributed by atoms with Crippen LogP contribution in [0.15, 0.2) is 30.3 Å². The van der Waals surface area contributed by atoms with Crippen LogP contribution in [0.4, 0.5) is 0 Å². The molecule has 0 aliphatic heterocycles. The van der Waals surface area contributed by atoms with Crippen molar-refractivity contribution >= 4 is 17.8 Å². The summed E-state index contributed by atoms with van der Waals surface area (Å²) in [5.41, 5.74) is 0.205. The maximum atomic E-state index is 13.0. The van der Waals surface area contributed by atoms with Gasteiger partial charge >= 0.3 is 11.9 Å². The number of esters is 2. The summed E-state index contributed by atoms with van der Waals surface area (Å²) in [4.78, 5) is 38.5. The van der Waals surface area contributed by atoms with Gasteiger partial charge in [-0.05, 0) is 32.3 Å². The SMILES string of the molecule is CC(=O)O[C@H](Cc1ccccc1)C(=O)N(C)[C@H](C(=O)OC(C)(C)C)C(C)C. The minimum Gasteiger partial charge on any atom is -0.458 e. The smallest absolute Gasteiger partial charge is 0.329 e. The highest BCUT2D eigenvalue weighted by Crippen LogP contribution is 2.19. The number of benzene rings is 1. The Morgan fingerprint density at radius 1 is 1.07 bits per heavy atom. The lowest BCUT2D eigenvalue weighted by atomic mass is 10.0. The quantitative estimate of drug-likeness (QED) is 0.683. The molecule has 0 aromatic heterocycles. The molecule has 1 aromatic carbocycles. The predicted octanol–water partition coefficient (Wildman–Crippen LogP) is 2.99. The normalized spacial score (nSPS) is 13.6. The van der Waals surface area contributed by atoms with Gasteiger partial charge in [0.25, 0.3) is 5.91 Å². The van der Waals surface area contributed by atoms with E-state index < -0.39 is 35.6 Å². The van der Waals surface area contributed by atoms with Crippen LogP contribution in [0, 0.1) is 5.92 Å². The molecule has 1 aromatic rings. The molecule has 0 unspecified atom stereocenters. The number of ether oxygens (including phenoxy) is 2. The van der Waals surface area contributed by atoms with Gasteiger partial charge in [-0.15, -0.1) is 0 Å². The van der Waals surface area contributed by atoms with Crippen molar-refractivity contribution in [3.05, 3.63) is 35.9 Å². The van der Waals surface area contributed by atoms with Crippen molar-refractivity contribution in [3.63, 3.8) is 0 Å². The van der Waals surface area contributed by atoms with Crippen LogP contribution in [-0.2, 0) is 30.3 Å². The first-order chi connectivity index (χ1) is 12.4. The van der Waals surface area contributed by atoms with Gasteiger partial charge in [-0.1, -0.05) is 44.2 Å². The molecule has 6 heteroatoms. The first-order valence-electron chi connectivity index (χ1n) is 9.13. The van der Waals surface area contributed by atoms with Gasteiger partial charge in [0.2, 0.25) is 0 Å². The third-order valence-corrected chi connectivity index (χ3v) is 3.89. The zero-order chi connectivity index (χ0) is 20.8. The Bertz CT molecular complexity index is 648. The van der Waals surface area contributed by atoms with E-state index in [0.717, 1.165) is 5.56 Å². The van der Waals surface area contributed by atoms with Gasteiger partial charge in [-0.25, -0.2) is 4.79 Å². The monoisotopic (exact) mass is 377 g/mol. The van der Waals surface area contributed by atoms with Gasteiger partial charge in [0.05, 0.1) is 0 Å². The van der Waals surface area contributed by atoms with Gasteiger partial charge in [-0.2, -0.15) is 0 Å². The summed E-state index contributed by atoms with van der Waals surface area (Å²) < 4.78 is 10.7. The van der Waals surface area contributed by atoms with Crippen molar-refractivity contribution < 1.29 is 23.9 Å².